The second kappa shape index (κ2) is 5.58. The van der Waals surface area contributed by atoms with Gasteiger partial charge in [-0.05, 0) is 6.92 Å². The monoisotopic (exact) mass is 188 g/mol. The molecule has 0 bridgehead atoms. The van der Waals surface area contributed by atoms with E-state index in [0.29, 0.717) is 0 Å². The highest BCUT2D eigenvalue weighted by molar-refractivity contribution is 4.73. The fraction of sp³-hybridized carbons (Fsp3) is 1.00. The minimum Gasteiger partial charge on any atom is -0.382 e. The smallest absolute Gasteiger partial charge is 0.170 e. The van der Waals surface area contributed by atoms with Crippen LogP contribution in [0.25, 0.3) is 0 Å². The highest BCUT2D eigenvalue weighted by Crippen LogP contribution is 2.28. The molecule has 0 aromatic heterocycles. The number of rotatable bonds is 6. The number of ether oxygens (including phenoxy) is 3. The average molecular weight is 188 g/mol. The van der Waals surface area contributed by atoms with Gasteiger partial charge in [0.1, 0.15) is 0 Å². The molecule has 3 nitrogen and oxygen atoms in total. The van der Waals surface area contributed by atoms with E-state index in [1.807, 2.05) is 6.92 Å². The van der Waals surface area contributed by atoms with Gasteiger partial charge in [-0.15, -0.1) is 0 Å². The van der Waals surface area contributed by atoms with E-state index in [2.05, 4.69) is 6.92 Å². The zero-order valence-electron chi connectivity index (χ0n) is 8.67. The second-order valence-corrected chi connectivity index (χ2v) is 3.30. The molecular formula is C10H20O3. The lowest BCUT2D eigenvalue weighted by Gasteiger charge is -2.26. The first-order valence-electron chi connectivity index (χ1n) is 5.18. The molecule has 3 heteroatoms. The minimum absolute atomic E-state index is 0.329. The van der Waals surface area contributed by atoms with Gasteiger partial charge in [0, 0.05) is 19.4 Å². The fourth-order valence-corrected chi connectivity index (χ4v) is 1.66. The molecule has 0 radical (unpaired) electrons. The molecule has 0 aromatic rings. The Morgan fingerprint density at radius 2 is 1.85 bits per heavy atom. The largest absolute Gasteiger partial charge is 0.382 e. The van der Waals surface area contributed by atoms with Crippen LogP contribution in [-0.2, 0) is 14.2 Å². The number of hydrogen-bond acceptors (Lipinski definition) is 3. The van der Waals surface area contributed by atoms with Crippen molar-refractivity contribution in [3.05, 3.63) is 0 Å². The predicted octanol–water partition coefficient (Wildman–Crippen LogP) is 1.96. The molecule has 1 fully saturated rings. The normalized spacial score (nSPS) is 20.8. The van der Waals surface area contributed by atoms with Gasteiger partial charge in [0.05, 0.1) is 19.8 Å². The molecule has 1 aliphatic heterocycles. The summed E-state index contributed by atoms with van der Waals surface area (Å²) in [6, 6.07) is 0. The van der Waals surface area contributed by atoms with E-state index in [-0.39, 0.29) is 5.79 Å². The third-order valence-corrected chi connectivity index (χ3v) is 2.28. The first kappa shape index (κ1) is 11.0. The molecule has 0 aromatic carbocycles. The van der Waals surface area contributed by atoms with Crippen molar-refractivity contribution in [2.24, 2.45) is 0 Å². The summed E-state index contributed by atoms with van der Waals surface area (Å²) in [4.78, 5) is 0. The first-order valence-corrected chi connectivity index (χ1v) is 5.18. The molecule has 0 N–H and O–H groups in total. The van der Waals surface area contributed by atoms with Gasteiger partial charge in [0.15, 0.2) is 5.79 Å². The van der Waals surface area contributed by atoms with E-state index >= 15 is 0 Å². The Morgan fingerprint density at radius 3 is 2.38 bits per heavy atom. The van der Waals surface area contributed by atoms with Crippen LogP contribution in [0.1, 0.15) is 33.1 Å². The van der Waals surface area contributed by atoms with Crippen molar-refractivity contribution < 1.29 is 14.2 Å². The van der Waals surface area contributed by atoms with E-state index in [0.717, 1.165) is 45.7 Å². The van der Waals surface area contributed by atoms with Crippen LogP contribution in [-0.4, -0.2) is 32.2 Å². The van der Waals surface area contributed by atoms with Crippen molar-refractivity contribution in [3.63, 3.8) is 0 Å². The first-order chi connectivity index (χ1) is 6.33. The van der Waals surface area contributed by atoms with Crippen molar-refractivity contribution >= 4 is 0 Å². The summed E-state index contributed by atoms with van der Waals surface area (Å²) >= 11 is 0. The Morgan fingerprint density at radius 1 is 1.15 bits per heavy atom. The molecule has 0 aliphatic carbocycles. The lowest BCUT2D eigenvalue weighted by molar-refractivity contribution is -0.174. The zero-order valence-corrected chi connectivity index (χ0v) is 8.67. The van der Waals surface area contributed by atoms with E-state index in [9.17, 15) is 0 Å². The summed E-state index contributed by atoms with van der Waals surface area (Å²) in [6.07, 6.45) is 2.92. The Hall–Kier alpha value is -0.120. The topological polar surface area (TPSA) is 27.7 Å². The Bertz CT molecular complexity index is 130. The molecule has 78 valence electrons. The second-order valence-electron chi connectivity index (χ2n) is 3.30. The van der Waals surface area contributed by atoms with Gasteiger partial charge >= 0.3 is 0 Å². The van der Waals surface area contributed by atoms with Gasteiger partial charge in [-0.1, -0.05) is 13.3 Å². The quantitative estimate of drug-likeness (QED) is 0.596. The van der Waals surface area contributed by atoms with E-state index in [4.69, 9.17) is 14.2 Å². The number of hydrogen-bond donors (Lipinski definition) is 0. The fourth-order valence-electron chi connectivity index (χ4n) is 1.66. The van der Waals surface area contributed by atoms with Gasteiger partial charge in [0.25, 0.3) is 0 Å². The van der Waals surface area contributed by atoms with Crippen LogP contribution < -0.4 is 0 Å². The molecular weight excluding hydrogens is 168 g/mol. The summed E-state index contributed by atoms with van der Waals surface area (Å²) in [6.45, 7) is 7.10. The summed E-state index contributed by atoms with van der Waals surface area (Å²) in [5.74, 6) is -0.329. The highest BCUT2D eigenvalue weighted by atomic mass is 16.7. The van der Waals surface area contributed by atoms with Crippen LogP contribution in [0.4, 0.5) is 0 Å². The van der Waals surface area contributed by atoms with E-state index < -0.39 is 0 Å². The maximum Gasteiger partial charge on any atom is 0.170 e. The average Bonchev–Trinajstić information content (AvgIpc) is 2.55. The van der Waals surface area contributed by atoms with Crippen LogP contribution in [0.3, 0.4) is 0 Å². The summed E-state index contributed by atoms with van der Waals surface area (Å²) < 4.78 is 16.6. The van der Waals surface area contributed by atoms with Crippen molar-refractivity contribution in [1.82, 2.24) is 0 Å². The Balaban J connectivity index is 2.28. The van der Waals surface area contributed by atoms with Crippen LogP contribution in [0.5, 0.6) is 0 Å². The van der Waals surface area contributed by atoms with E-state index in [1.165, 1.54) is 0 Å². The third kappa shape index (κ3) is 3.25. The SMILES string of the molecule is CCCC1(CCOCC)OCCO1. The third-order valence-electron chi connectivity index (χ3n) is 2.28. The molecule has 13 heavy (non-hydrogen) atoms. The molecule has 1 saturated heterocycles. The van der Waals surface area contributed by atoms with Gasteiger partial charge < -0.3 is 14.2 Å². The van der Waals surface area contributed by atoms with Crippen molar-refractivity contribution in [1.29, 1.82) is 0 Å². The molecule has 0 unspecified atom stereocenters. The summed E-state index contributed by atoms with van der Waals surface area (Å²) in [7, 11) is 0. The Labute approximate surface area is 80.4 Å². The van der Waals surface area contributed by atoms with Gasteiger partial charge in [-0.25, -0.2) is 0 Å². The summed E-state index contributed by atoms with van der Waals surface area (Å²) in [5.41, 5.74) is 0. The van der Waals surface area contributed by atoms with Gasteiger partial charge in [-0.3, -0.25) is 0 Å². The molecule has 0 amide bonds. The molecule has 0 saturated carbocycles. The van der Waals surface area contributed by atoms with Gasteiger partial charge in [-0.2, -0.15) is 0 Å². The van der Waals surface area contributed by atoms with Crippen molar-refractivity contribution in [2.75, 3.05) is 26.4 Å². The molecule has 1 aliphatic rings. The Kier molecular flexibility index (Phi) is 4.70. The predicted molar refractivity (Wildman–Crippen MR) is 50.7 cm³/mol. The van der Waals surface area contributed by atoms with Crippen LogP contribution in [0, 0.1) is 0 Å². The maximum absolute atomic E-state index is 5.63. The maximum atomic E-state index is 5.63. The van der Waals surface area contributed by atoms with Crippen LogP contribution in [0.15, 0.2) is 0 Å². The van der Waals surface area contributed by atoms with Crippen LogP contribution >= 0.6 is 0 Å². The summed E-state index contributed by atoms with van der Waals surface area (Å²) in [5, 5.41) is 0. The molecule has 1 heterocycles. The minimum atomic E-state index is -0.329. The van der Waals surface area contributed by atoms with Gasteiger partial charge in [0.2, 0.25) is 0 Å². The standard InChI is InChI=1S/C10H20O3/c1-3-5-10(6-7-11-4-2)12-8-9-13-10/h3-9H2,1-2H3. The van der Waals surface area contributed by atoms with Crippen molar-refractivity contribution in [3.8, 4) is 0 Å². The van der Waals surface area contributed by atoms with E-state index in [1.54, 1.807) is 0 Å². The molecule has 1 rings (SSSR count). The van der Waals surface area contributed by atoms with Crippen molar-refractivity contribution in [2.45, 2.75) is 38.9 Å². The lowest BCUT2D eigenvalue weighted by atomic mass is 10.1. The molecule has 0 atom stereocenters. The highest BCUT2D eigenvalue weighted by Gasteiger charge is 2.34. The zero-order chi connectivity index (χ0) is 9.57. The molecule has 0 spiro atoms. The van der Waals surface area contributed by atoms with Crippen LogP contribution in [0.2, 0.25) is 0 Å². The lowest BCUT2D eigenvalue weighted by Crippen LogP contribution is -2.31.